The van der Waals surface area contributed by atoms with E-state index in [0.717, 1.165) is 0 Å². The van der Waals surface area contributed by atoms with E-state index in [9.17, 15) is 4.79 Å². The Bertz CT molecular complexity index is 174. The van der Waals surface area contributed by atoms with E-state index < -0.39 is 31.3 Å². The lowest BCUT2D eigenvalue weighted by Gasteiger charge is -2.17. The largest absolute Gasteiger partial charge is 0.396 e. The van der Waals surface area contributed by atoms with Crippen molar-refractivity contribution < 1.29 is 28.0 Å². The molecule has 5 heteroatoms. The van der Waals surface area contributed by atoms with Crippen molar-refractivity contribution in [3.8, 4) is 0 Å². The average Bonchev–Trinajstić information content (AvgIpc) is 2.14. The van der Waals surface area contributed by atoms with Crippen molar-refractivity contribution in [2.24, 2.45) is 0 Å². The monoisotopic (exact) mass is 167 g/mol. The van der Waals surface area contributed by atoms with Crippen LogP contribution in [0.2, 0.25) is 0 Å². The van der Waals surface area contributed by atoms with Crippen LogP contribution < -0.4 is 0 Å². The Morgan fingerprint density at radius 3 is 2.36 bits per heavy atom. The molecule has 11 heavy (non-hydrogen) atoms. The van der Waals surface area contributed by atoms with Crippen LogP contribution in [0.5, 0.6) is 0 Å². The van der Waals surface area contributed by atoms with Crippen LogP contribution >= 0.6 is 0 Å². The zero-order chi connectivity index (χ0) is 10.6. The van der Waals surface area contributed by atoms with Gasteiger partial charge in [0.2, 0.25) is 0 Å². The van der Waals surface area contributed by atoms with Crippen molar-refractivity contribution in [1.82, 2.24) is 0 Å². The van der Waals surface area contributed by atoms with Crippen LogP contribution in [-0.4, -0.2) is 51.6 Å². The third-order valence-electron chi connectivity index (χ3n) is 1.11. The topological polar surface area (TPSA) is 98.0 Å². The Hall–Kier alpha value is -0.490. The fourth-order valence-electron chi connectivity index (χ4n) is 0.482. The number of aldehydes is 1. The Kier molecular flexibility index (Phi) is 3.39. The van der Waals surface area contributed by atoms with E-state index >= 15 is 0 Å². The maximum Gasteiger partial charge on any atom is 0.151 e. The van der Waals surface area contributed by atoms with Gasteiger partial charge in [-0.3, -0.25) is 0 Å². The maximum absolute atomic E-state index is 9.96. The predicted molar refractivity (Wildman–Crippen MR) is 35.8 cm³/mol. The van der Waals surface area contributed by atoms with Crippen LogP contribution in [-0.2, 0) is 4.79 Å². The van der Waals surface area contributed by atoms with Crippen LogP contribution in [0.3, 0.4) is 0 Å². The lowest BCUT2D eigenvalue weighted by Crippen LogP contribution is -2.38. The van der Waals surface area contributed by atoms with E-state index in [4.69, 9.17) is 23.2 Å². The fraction of sp³-hybridized carbons (Fsp3) is 0.833. The van der Waals surface area contributed by atoms with Gasteiger partial charge in [-0.05, 0) is 6.37 Å². The summed E-state index contributed by atoms with van der Waals surface area (Å²) in [5, 5.41) is 35.2. The van der Waals surface area contributed by atoms with Crippen molar-refractivity contribution in [3.63, 3.8) is 0 Å². The summed E-state index contributed by atoms with van der Waals surface area (Å²) in [6.45, 7) is -1.02. The lowest BCUT2D eigenvalue weighted by atomic mass is 10.2. The number of aliphatic hydroxyl groups excluding tert-OH is 4. The van der Waals surface area contributed by atoms with Gasteiger partial charge in [0.25, 0.3) is 0 Å². The molecule has 0 spiro atoms. The zero-order valence-electron chi connectivity index (χ0n) is 7.71. The smallest absolute Gasteiger partial charge is 0.151 e. The molecule has 0 fully saturated rings. The van der Waals surface area contributed by atoms with Crippen molar-refractivity contribution in [1.29, 1.82) is 0 Å². The van der Waals surface area contributed by atoms with Gasteiger partial charge in [0.15, 0.2) is 6.29 Å². The molecule has 0 amide bonds. The number of aliphatic hydroxyl groups is 4. The molecule has 0 aromatic rings. The molecule has 0 rings (SSSR count). The summed E-state index contributed by atoms with van der Waals surface area (Å²) in [5.41, 5.74) is 0. The number of carbonyl (C=O) groups is 1. The molecule has 0 aliphatic carbocycles. The van der Waals surface area contributed by atoms with Crippen LogP contribution in [0.1, 0.15) is 9.11 Å². The number of rotatable bonds is 5. The van der Waals surface area contributed by atoms with E-state index in [2.05, 4.69) is 0 Å². The molecule has 0 saturated carbocycles. The van der Waals surface area contributed by atoms with Gasteiger partial charge in [0, 0.05) is 9.35 Å². The van der Waals surface area contributed by atoms with E-state index in [0.29, 0.717) is 0 Å². The fourth-order valence-corrected chi connectivity index (χ4v) is 0.482. The Balaban J connectivity index is 4.40. The quantitative estimate of drug-likeness (QED) is 0.271. The van der Waals surface area contributed by atoms with Crippen LogP contribution in [0.25, 0.3) is 0 Å². The molecule has 0 bridgehead atoms. The molecule has 0 aromatic heterocycles. The molecule has 0 heterocycles. The van der Waals surface area contributed by atoms with Crippen LogP contribution in [0.4, 0.5) is 0 Å². The molecule has 3 atom stereocenters. The average molecular weight is 167 g/mol. The highest BCUT2D eigenvalue weighted by molar-refractivity contribution is 5.56. The second-order valence-corrected chi connectivity index (χ2v) is 1.92. The highest BCUT2D eigenvalue weighted by Crippen LogP contribution is 2.01. The molecule has 0 saturated heterocycles. The second kappa shape index (κ2) is 5.20. The number of hydrogen-bond donors (Lipinski definition) is 4. The first-order valence-corrected chi connectivity index (χ1v) is 2.97. The van der Waals surface area contributed by atoms with Gasteiger partial charge in [0.1, 0.15) is 12.2 Å². The van der Waals surface area contributed by atoms with E-state index in [1.165, 1.54) is 0 Å². The molecule has 4 N–H and O–H groups in total. The Morgan fingerprint density at radius 1 is 1.45 bits per heavy atom. The van der Waals surface area contributed by atoms with Gasteiger partial charge >= 0.3 is 0 Å². The van der Waals surface area contributed by atoms with Crippen molar-refractivity contribution >= 4 is 6.29 Å². The highest BCUT2D eigenvalue weighted by atomic mass is 16.4. The molecule has 0 aliphatic rings. The molecule has 0 aliphatic heterocycles. The van der Waals surface area contributed by atoms with Gasteiger partial charge in [0.05, 0.1) is 6.10 Å². The first-order valence-electron chi connectivity index (χ1n) is 3.97. The van der Waals surface area contributed by atoms with Gasteiger partial charge < -0.3 is 25.2 Å². The standard InChI is InChI=1S/C6H12O5/c7-2-1-4(9)6(11)5(10)3-8/h3-7,9-11H,1-2H2/t4-,5+,6+/m1/s1/i1+1D2. The summed E-state index contributed by atoms with van der Waals surface area (Å²) >= 11 is 0. The SMILES string of the molecule is [2H][13C]([2H])(CO)[C@@H](O)[C@H](O)[C@@H](O)C=O. The molecule has 5 nitrogen and oxygen atoms in total. The van der Waals surface area contributed by atoms with Crippen molar-refractivity contribution in [3.05, 3.63) is 0 Å². The summed E-state index contributed by atoms with van der Waals surface area (Å²) in [7, 11) is 0. The van der Waals surface area contributed by atoms with E-state index in [-0.39, 0.29) is 6.29 Å². The molecular weight excluding hydrogens is 153 g/mol. The van der Waals surface area contributed by atoms with Gasteiger partial charge in [-0.25, -0.2) is 0 Å². The summed E-state index contributed by atoms with van der Waals surface area (Å²) in [6, 6.07) is 0. The highest BCUT2D eigenvalue weighted by Gasteiger charge is 2.23. The Labute approximate surface area is 66.7 Å². The first kappa shape index (κ1) is 7.17. The number of carbonyl (C=O) groups excluding carboxylic acids is 1. The number of hydrogen-bond acceptors (Lipinski definition) is 5. The van der Waals surface area contributed by atoms with E-state index in [1.807, 2.05) is 0 Å². The summed E-state index contributed by atoms with van der Waals surface area (Å²) in [6.07, 6.45) is -8.31. The Morgan fingerprint density at radius 2 is 2.00 bits per heavy atom. The predicted octanol–water partition coefficient (Wildman–Crippen LogP) is -2.35. The third-order valence-corrected chi connectivity index (χ3v) is 1.11. The molecule has 0 unspecified atom stereocenters. The maximum atomic E-state index is 9.96. The van der Waals surface area contributed by atoms with Crippen LogP contribution in [0, 0.1) is 0 Å². The zero-order valence-corrected chi connectivity index (χ0v) is 5.71. The summed E-state index contributed by atoms with van der Waals surface area (Å²) in [4.78, 5) is 9.96. The summed E-state index contributed by atoms with van der Waals surface area (Å²) in [5.74, 6) is 0. The van der Waals surface area contributed by atoms with Crippen molar-refractivity contribution in [2.75, 3.05) is 6.61 Å². The first-order chi connectivity index (χ1) is 5.86. The van der Waals surface area contributed by atoms with Crippen LogP contribution in [0.15, 0.2) is 0 Å². The minimum Gasteiger partial charge on any atom is -0.396 e. The normalized spacial score (nSPS) is 22.9. The third kappa shape index (κ3) is 3.43. The van der Waals surface area contributed by atoms with Gasteiger partial charge in [-0.15, -0.1) is 0 Å². The molecule has 0 radical (unpaired) electrons. The lowest BCUT2D eigenvalue weighted by molar-refractivity contribution is -0.126. The minimum atomic E-state index is -2.45. The molecule has 66 valence electrons. The summed E-state index contributed by atoms with van der Waals surface area (Å²) < 4.78 is 13.9. The molecule has 0 aromatic carbocycles. The van der Waals surface area contributed by atoms with E-state index in [1.54, 1.807) is 0 Å². The van der Waals surface area contributed by atoms with Gasteiger partial charge in [-0.1, -0.05) is 0 Å². The van der Waals surface area contributed by atoms with Crippen molar-refractivity contribution in [2.45, 2.75) is 24.7 Å². The van der Waals surface area contributed by atoms with Gasteiger partial charge in [-0.2, -0.15) is 0 Å². The minimum absolute atomic E-state index is 0.0264. The molecular formula is C6H12O5. The second-order valence-electron chi connectivity index (χ2n) is 1.92.